The third-order valence-electron chi connectivity index (χ3n) is 3.18. The summed E-state index contributed by atoms with van der Waals surface area (Å²) in [5.74, 6) is 0.173. The number of hydrogen-bond donors (Lipinski definition) is 0. The number of nitrogens with one attached hydrogen (secondary N) is 1. The number of halogens is 1. The molecule has 1 aromatic heterocycles. The smallest absolute Gasteiger partial charge is 0.146 e. The van der Waals surface area contributed by atoms with Gasteiger partial charge in [-0.3, -0.25) is 9.78 Å². The number of nitrogens with zero attached hydrogens (tertiary/aromatic N) is 3. The maximum Gasteiger partial charge on any atom is 0.146 e. The van der Waals surface area contributed by atoms with Gasteiger partial charge in [-0.15, -0.1) is 0 Å². The average Bonchev–Trinajstić information content (AvgIpc) is 2.83. The van der Waals surface area contributed by atoms with E-state index in [1.54, 1.807) is 18.3 Å². The van der Waals surface area contributed by atoms with E-state index in [9.17, 15) is 4.79 Å². The maximum absolute atomic E-state index is 10.7. The van der Waals surface area contributed by atoms with Gasteiger partial charge in [-0.1, -0.05) is 47.4 Å². The van der Waals surface area contributed by atoms with Gasteiger partial charge < -0.3 is 15.6 Å². The van der Waals surface area contributed by atoms with E-state index in [0.29, 0.717) is 17.0 Å². The second-order valence-electron chi connectivity index (χ2n) is 5.43. The molecule has 0 radical (unpaired) electrons. The molecule has 29 heavy (non-hydrogen) atoms. The number of carbonyl (C=O) groups is 1. The van der Waals surface area contributed by atoms with E-state index < -0.39 is 0 Å². The number of hydrogen-bond acceptors (Lipinski definition) is 4. The summed E-state index contributed by atoms with van der Waals surface area (Å²) < 4.78 is 0.806. The first-order valence-corrected chi connectivity index (χ1v) is 10.6. The van der Waals surface area contributed by atoms with Crippen LogP contribution in [0.4, 0.5) is 5.69 Å². The van der Waals surface area contributed by atoms with Crippen molar-refractivity contribution in [3.05, 3.63) is 33.7 Å². The van der Waals surface area contributed by atoms with E-state index in [2.05, 4.69) is 51.7 Å². The van der Waals surface area contributed by atoms with Gasteiger partial charge in [0.15, 0.2) is 0 Å². The van der Waals surface area contributed by atoms with E-state index >= 15 is 0 Å². The molecule has 0 saturated heterocycles. The zero-order valence-corrected chi connectivity index (χ0v) is 23.3. The summed E-state index contributed by atoms with van der Waals surface area (Å²) in [6.45, 7) is 14.9. The zero-order chi connectivity index (χ0) is 21.2. The Kier molecular flexibility index (Phi) is 30.0. The number of rotatable bonds is 5. The third-order valence-corrected chi connectivity index (χ3v) is 3.61. The molecule has 1 aliphatic rings. The minimum Gasteiger partial charge on any atom is -0.485 e. The van der Waals surface area contributed by atoms with Crippen molar-refractivity contribution in [2.24, 2.45) is 4.99 Å². The van der Waals surface area contributed by atoms with Gasteiger partial charge in [-0.25, -0.2) is 0 Å². The summed E-state index contributed by atoms with van der Waals surface area (Å²) in [7, 11) is 2.17. The largest absolute Gasteiger partial charge is 0.485 e. The average molecular weight is 653 g/mol. The number of fused-ring (bicyclic) bond motifs is 1. The summed E-state index contributed by atoms with van der Waals surface area (Å²) in [5.41, 5.74) is 9.32. The van der Waals surface area contributed by atoms with Gasteiger partial charge in [-0.2, -0.15) is 0 Å². The first-order valence-electron chi connectivity index (χ1n) is 9.79. The van der Waals surface area contributed by atoms with E-state index in [-0.39, 0.29) is 53.1 Å². The van der Waals surface area contributed by atoms with Crippen LogP contribution in [0, 0.1) is 0 Å². The molecule has 1 N–H and O–H groups in total. The Morgan fingerprint density at radius 1 is 1.14 bits per heavy atom. The van der Waals surface area contributed by atoms with E-state index in [1.807, 2.05) is 27.7 Å². The van der Waals surface area contributed by atoms with E-state index in [0.717, 1.165) is 10.8 Å². The minimum absolute atomic E-state index is 0. The van der Waals surface area contributed by atoms with Crippen molar-refractivity contribution in [3.63, 3.8) is 0 Å². The summed E-state index contributed by atoms with van der Waals surface area (Å²) in [6, 6.07) is 1.78. The Hall–Kier alpha value is -0.205. The van der Waals surface area contributed by atoms with Crippen molar-refractivity contribution < 1.29 is 45.6 Å². The van der Waals surface area contributed by atoms with Crippen LogP contribution in [-0.2, 0) is 45.6 Å². The molecule has 0 amide bonds. The molecule has 1 aliphatic heterocycles. The molecule has 0 fully saturated rings. The predicted molar refractivity (Wildman–Crippen MR) is 123 cm³/mol. The molecular formula is C21H36BrN4OPd2-. The molecule has 0 atom stereocenters. The monoisotopic (exact) mass is 651 g/mol. The number of amidine groups is 1. The normalized spacial score (nSPS) is 10.9. The fourth-order valence-corrected chi connectivity index (χ4v) is 2.51. The quantitative estimate of drug-likeness (QED) is 0.263. The van der Waals surface area contributed by atoms with E-state index in [4.69, 9.17) is 5.73 Å². The molecule has 0 aromatic carbocycles. The zero-order valence-electron chi connectivity index (χ0n) is 18.6. The second-order valence-corrected chi connectivity index (χ2v) is 6.35. The number of pyridine rings is 1. The molecule has 2 heterocycles. The van der Waals surface area contributed by atoms with Crippen LogP contribution < -0.4 is 0 Å². The number of aldehydes is 1. The van der Waals surface area contributed by atoms with Gasteiger partial charge in [0.1, 0.15) is 6.29 Å². The van der Waals surface area contributed by atoms with Gasteiger partial charge in [-0.05, 0) is 78.7 Å². The van der Waals surface area contributed by atoms with Crippen LogP contribution in [-0.4, -0.2) is 42.1 Å². The Morgan fingerprint density at radius 2 is 1.66 bits per heavy atom. The number of aromatic nitrogens is 1. The van der Waals surface area contributed by atoms with Gasteiger partial charge in [0.05, 0.1) is 5.69 Å². The molecule has 0 bridgehead atoms. The second kappa shape index (κ2) is 24.1. The van der Waals surface area contributed by atoms with Crippen molar-refractivity contribution in [3.8, 4) is 0 Å². The summed E-state index contributed by atoms with van der Waals surface area (Å²) in [5, 5.41) is 0. The van der Waals surface area contributed by atoms with Gasteiger partial charge in [0.2, 0.25) is 0 Å². The number of carbonyl (C=O) groups excluding carboxylic acids is 1. The van der Waals surface area contributed by atoms with Gasteiger partial charge >= 0.3 is 0 Å². The molecule has 0 spiro atoms. The van der Waals surface area contributed by atoms with Crippen LogP contribution in [0.15, 0.2) is 27.3 Å². The van der Waals surface area contributed by atoms with Crippen LogP contribution in [0.2, 0.25) is 0 Å². The fourth-order valence-electron chi connectivity index (χ4n) is 2.20. The molecule has 174 valence electrons. The maximum atomic E-state index is 10.7. The van der Waals surface area contributed by atoms with Crippen LogP contribution in [0.1, 0.15) is 66.5 Å². The number of aliphatic imine (C=N–C) groups is 1. The Morgan fingerprint density at radius 3 is 2.10 bits per heavy atom. The molecular weight excluding hydrogens is 617 g/mol. The Labute approximate surface area is 213 Å². The van der Waals surface area contributed by atoms with Crippen molar-refractivity contribution in [1.82, 2.24) is 9.88 Å². The van der Waals surface area contributed by atoms with Crippen molar-refractivity contribution in [2.45, 2.75) is 60.8 Å². The van der Waals surface area contributed by atoms with Crippen LogP contribution in [0.25, 0.3) is 11.8 Å². The first-order chi connectivity index (χ1) is 13.0. The van der Waals surface area contributed by atoms with Crippen molar-refractivity contribution in [2.75, 3.05) is 20.1 Å². The van der Waals surface area contributed by atoms with Crippen molar-refractivity contribution >= 4 is 39.8 Å². The molecule has 8 heteroatoms. The molecule has 2 rings (SSSR count). The molecule has 5 nitrogen and oxygen atoms in total. The van der Waals surface area contributed by atoms with Gasteiger partial charge in [0, 0.05) is 51.5 Å². The van der Waals surface area contributed by atoms with Crippen LogP contribution in [0.5, 0.6) is 0 Å². The summed E-state index contributed by atoms with van der Waals surface area (Å²) in [4.78, 5) is 21.3. The Bertz CT molecular complexity index is 590. The third kappa shape index (κ3) is 17.2. The summed E-state index contributed by atoms with van der Waals surface area (Å²) in [6.07, 6.45) is 6.86. The van der Waals surface area contributed by atoms with Crippen LogP contribution in [0.3, 0.4) is 0 Å². The molecule has 0 aliphatic carbocycles. The standard InChI is InChI=1S/C10H8BrN3O.C7H17N.2C2H6.2Pd/c11-7-3-9-8(13-4-7)1-6(5-15)2-10(12)14-9;1-4-6-8(3)7-5-2;2*1-2;;/h1,3-5H,2H2,(H2,12,14,15);4-7H2,1-3H3;2*1-2H3;;/p-1. The van der Waals surface area contributed by atoms with Gasteiger partial charge in [0.25, 0.3) is 0 Å². The SMILES string of the molecule is CC.CC.CCCN(C)CCC.[NH-]C1=Nc2cc(Br)cnc2C=C(C=O)C1.[Pd].[Pd]. The summed E-state index contributed by atoms with van der Waals surface area (Å²) >= 11 is 3.28. The molecule has 1 aromatic rings. The van der Waals surface area contributed by atoms with E-state index in [1.165, 1.54) is 25.9 Å². The fraction of sp³-hybridized carbons (Fsp3) is 0.571. The van der Waals surface area contributed by atoms with Crippen LogP contribution >= 0.6 is 15.9 Å². The molecule has 0 saturated carbocycles. The van der Waals surface area contributed by atoms with Crippen molar-refractivity contribution in [1.29, 1.82) is 0 Å². The predicted octanol–water partition coefficient (Wildman–Crippen LogP) is 6.70. The minimum atomic E-state index is 0. The topological polar surface area (TPSA) is 69.4 Å². The first kappa shape index (κ1) is 36.2. The molecule has 0 unspecified atom stereocenters. The Balaban J connectivity index is -0.000000194.